The van der Waals surface area contributed by atoms with Crippen LogP contribution in [0.3, 0.4) is 0 Å². The summed E-state index contributed by atoms with van der Waals surface area (Å²) in [6.45, 7) is 4.20. The van der Waals surface area contributed by atoms with E-state index in [1.165, 1.54) is 0 Å². The molecular formula is C10H19N3O. The molecule has 0 aliphatic rings. The average molecular weight is 197 g/mol. The quantitative estimate of drug-likeness (QED) is 0.753. The van der Waals surface area contributed by atoms with Crippen LogP contribution in [0.1, 0.15) is 44.8 Å². The Morgan fingerprint density at radius 1 is 1.43 bits per heavy atom. The second-order valence-corrected chi connectivity index (χ2v) is 3.58. The van der Waals surface area contributed by atoms with Crippen LogP contribution >= 0.6 is 0 Å². The normalized spacial score (nSPS) is 13.1. The van der Waals surface area contributed by atoms with Gasteiger partial charge in [-0.1, -0.05) is 25.4 Å². The number of unbranched alkanes of at least 4 members (excludes halogenated alkanes) is 1. The van der Waals surface area contributed by atoms with Gasteiger partial charge in [0.2, 0.25) is 5.89 Å². The molecule has 0 spiro atoms. The Morgan fingerprint density at radius 3 is 2.86 bits per heavy atom. The highest BCUT2D eigenvalue weighted by atomic mass is 16.5. The van der Waals surface area contributed by atoms with Gasteiger partial charge in [-0.3, -0.25) is 0 Å². The molecule has 4 heteroatoms. The molecule has 0 fully saturated rings. The van der Waals surface area contributed by atoms with Crippen LogP contribution in [0.25, 0.3) is 0 Å². The molecule has 2 N–H and O–H groups in total. The topological polar surface area (TPSA) is 64.9 Å². The third kappa shape index (κ3) is 3.46. The number of aromatic nitrogens is 2. The van der Waals surface area contributed by atoms with Crippen molar-refractivity contribution in [1.29, 1.82) is 0 Å². The van der Waals surface area contributed by atoms with Crippen LogP contribution in [0.4, 0.5) is 0 Å². The van der Waals surface area contributed by atoms with Gasteiger partial charge in [-0.05, 0) is 12.8 Å². The van der Waals surface area contributed by atoms with E-state index in [0.29, 0.717) is 6.42 Å². The number of aryl methyl sites for hydroxylation is 1. The molecule has 1 rings (SSSR count). The molecule has 1 aromatic rings. The lowest BCUT2D eigenvalue weighted by molar-refractivity contribution is 0.368. The summed E-state index contributed by atoms with van der Waals surface area (Å²) in [6.07, 6.45) is 4.78. The maximum atomic E-state index is 5.79. The molecule has 1 aromatic heterocycles. The van der Waals surface area contributed by atoms with E-state index in [-0.39, 0.29) is 6.04 Å². The fraction of sp³-hybridized carbons (Fsp3) is 0.800. The second kappa shape index (κ2) is 5.75. The predicted molar refractivity (Wildman–Crippen MR) is 54.9 cm³/mol. The maximum Gasteiger partial charge on any atom is 0.226 e. The Hall–Kier alpha value is -0.900. The van der Waals surface area contributed by atoms with Crippen molar-refractivity contribution in [3.05, 3.63) is 11.7 Å². The van der Waals surface area contributed by atoms with Crippen molar-refractivity contribution in [3.63, 3.8) is 0 Å². The van der Waals surface area contributed by atoms with Crippen molar-refractivity contribution < 1.29 is 4.52 Å². The summed E-state index contributed by atoms with van der Waals surface area (Å²) in [5.74, 6) is 1.48. The molecule has 0 saturated carbocycles. The third-order valence-electron chi connectivity index (χ3n) is 2.22. The van der Waals surface area contributed by atoms with Gasteiger partial charge in [-0.2, -0.15) is 4.98 Å². The van der Waals surface area contributed by atoms with Gasteiger partial charge < -0.3 is 10.3 Å². The second-order valence-electron chi connectivity index (χ2n) is 3.58. The predicted octanol–water partition coefficient (Wildman–Crippen LogP) is 1.69. The highest BCUT2D eigenvalue weighted by molar-refractivity contribution is 4.89. The molecule has 14 heavy (non-hydrogen) atoms. The standard InChI is InChI=1S/C10H19N3O/c1-3-5-6-10-12-9(13-14-10)7-8(11)4-2/h8H,3-7,11H2,1-2H3. The van der Waals surface area contributed by atoms with Crippen LogP contribution < -0.4 is 5.73 Å². The highest BCUT2D eigenvalue weighted by Gasteiger charge is 2.08. The van der Waals surface area contributed by atoms with Crippen LogP contribution in [0, 0.1) is 0 Å². The summed E-state index contributed by atoms with van der Waals surface area (Å²) >= 11 is 0. The molecular weight excluding hydrogens is 178 g/mol. The molecule has 0 saturated heterocycles. The van der Waals surface area contributed by atoms with Gasteiger partial charge in [-0.25, -0.2) is 0 Å². The molecule has 4 nitrogen and oxygen atoms in total. The first kappa shape index (κ1) is 11.2. The molecule has 0 aliphatic carbocycles. The Balaban J connectivity index is 2.42. The van der Waals surface area contributed by atoms with E-state index in [1.54, 1.807) is 0 Å². The van der Waals surface area contributed by atoms with E-state index in [4.69, 9.17) is 10.3 Å². The molecule has 1 heterocycles. The van der Waals surface area contributed by atoms with Crippen molar-refractivity contribution in [3.8, 4) is 0 Å². The average Bonchev–Trinajstić information content (AvgIpc) is 2.62. The number of hydrogen-bond acceptors (Lipinski definition) is 4. The van der Waals surface area contributed by atoms with Gasteiger partial charge in [0.25, 0.3) is 0 Å². The van der Waals surface area contributed by atoms with Crippen molar-refractivity contribution in [2.75, 3.05) is 0 Å². The van der Waals surface area contributed by atoms with Crippen molar-refractivity contribution in [1.82, 2.24) is 10.1 Å². The van der Waals surface area contributed by atoms with Crippen LogP contribution in [0.5, 0.6) is 0 Å². The van der Waals surface area contributed by atoms with Crippen LogP contribution in [0.2, 0.25) is 0 Å². The molecule has 0 aromatic carbocycles. The van der Waals surface area contributed by atoms with Crippen LogP contribution in [0.15, 0.2) is 4.52 Å². The summed E-state index contributed by atoms with van der Waals surface area (Å²) in [6, 6.07) is 0.145. The first-order valence-electron chi connectivity index (χ1n) is 5.33. The summed E-state index contributed by atoms with van der Waals surface area (Å²) in [4.78, 5) is 4.28. The Kier molecular flexibility index (Phi) is 4.59. The SMILES string of the molecule is CCCCc1nc(CC(N)CC)no1. The first-order valence-corrected chi connectivity index (χ1v) is 5.33. The number of hydrogen-bond donors (Lipinski definition) is 1. The van der Waals surface area contributed by atoms with Crippen molar-refractivity contribution in [2.24, 2.45) is 5.73 Å². The Labute approximate surface area is 84.9 Å². The van der Waals surface area contributed by atoms with E-state index in [0.717, 1.165) is 37.4 Å². The molecule has 0 aliphatic heterocycles. The first-order chi connectivity index (χ1) is 6.76. The monoisotopic (exact) mass is 197 g/mol. The zero-order valence-electron chi connectivity index (χ0n) is 8.99. The number of nitrogens with two attached hydrogens (primary N) is 1. The fourth-order valence-corrected chi connectivity index (χ4v) is 1.18. The lowest BCUT2D eigenvalue weighted by Crippen LogP contribution is -2.22. The van der Waals surface area contributed by atoms with Crippen LogP contribution in [-0.2, 0) is 12.8 Å². The van der Waals surface area contributed by atoms with Gasteiger partial charge >= 0.3 is 0 Å². The molecule has 1 atom stereocenters. The number of rotatable bonds is 6. The summed E-state index contributed by atoms with van der Waals surface area (Å²) < 4.78 is 5.10. The lowest BCUT2D eigenvalue weighted by atomic mass is 10.2. The lowest BCUT2D eigenvalue weighted by Gasteiger charge is -2.02. The molecule has 1 unspecified atom stereocenters. The molecule has 0 radical (unpaired) electrons. The van der Waals surface area contributed by atoms with Crippen molar-refractivity contribution in [2.45, 2.75) is 52.0 Å². The summed E-state index contributed by atoms with van der Waals surface area (Å²) in [7, 11) is 0. The number of nitrogens with zero attached hydrogens (tertiary/aromatic N) is 2. The van der Waals surface area contributed by atoms with E-state index in [1.807, 2.05) is 0 Å². The van der Waals surface area contributed by atoms with Gasteiger partial charge in [0, 0.05) is 18.9 Å². The largest absolute Gasteiger partial charge is 0.339 e. The molecule has 0 bridgehead atoms. The van der Waals surface area contributed by atoms with E-state index in [9.17, 15) is 0 Å². The minimum Gasteiger partial charge on any atom is -0.339 e. The Morgan fingerprint density at radius 2 is 2.21 bits per heavy atom. The zero-order valence-corrected chi connectivity index (χ0v) is 8.99. The van der Waals surface area contributed by atoms with E-state index >= 15 is 0 Å². The smallest absolute Gasteiger partial charge is 0.226 e. The minimum absolute atomic E-state index is 0.145. The van der Waals surface area contributed by atoms with Gasteiger partial charge in [0.1, 0.15) is 0 Å². The van der Waals surface area contributed by atoms with Gasteiger partial charge in [0.15, 0.2) is 5.82 Å². The maximum absolute atomic E-state index is 5.79. The zero-order chi connectivity index (χ0) is 10.4. The van der Waals surface area contributed by atoms with E-state index in [2.05, 4.69) is 24.0 Å². The van der Waals surface area contributed by atoms with Gasteiger partial charge in [0.05, 0.1) is 0 Å². The highest BCUT2D eigenvalue weighted by Crippen LogP contribution is 2.04. The Bertz CT molecular complexity index is 260. The minimum atomic E-state index is 0.145. The van der Waals surface area contributed by atoms with Crippen molar-refractivity contribution >= 4 is 0 Å². The van der Waals surface area contributed by atoms with Gasteiger partial charge in [-0.15, -0.1) is 0 Å². The fourth-order valence-electron chi connectivity index (χ4n) is 1.18. The van der Waals surface area contributed by atoms with E-state index < -0.39 is 0 Å². The van der Waals surface area contributed by atoms with Crippen LogP contribution in [-0.4, -0.2) is 16.2 Å². The summed E-state index contributed by atoms with van der Waals surface area (Å²) in [5.41, 5.74) is 5.79. The molecule has 80 valence electrons. The third-order valence-corrected chi connectivity index (χ3v) is 2.22. The summed E-state index contributed by atoms with van der Waals surface area (Å²) in [5, 5.41) is 3.89. The molecule has 0 amide bonds.